The molecule has 0 saturated carbocycles. The normalized spacial score (nSPS) is 20.6. The van der Waals surface area contributed by atoms with Crippen molar-refractivity contribution in [1.29, 1.82) is 0 Å². The third-order valence-electron chi connectivity index (χ3n) is 3.61. The number of aliphatic hydroxyl groups excluding tert-OH is 1. The maximum Gasteiger partial charge on any atom is 0.129 e. The molecule has 2 aromatic rings. The monoisotopic (exact) mass is 324 g/mol. The predicted octanol–water partition coefficient (Wildman–Crippen LogP) is 4.56. The van der Waals surface area contributed by atoms with E-state index in [0.717, 1.165) is 11.1 Å². The van der Waals surface area contributed by atoms with Crippen LogP contribution in [0.5, 0.6) is 11.5 Å². The Kier molecular flexibility index (Phi) is 3.98. The van der Waals surface area contributed by atoms with Crippen LogP contribution in [0, 0.1) is 0 Å². The molecule has 1 aliphatic heterocycles. The molecule has 0 bridgehead atoms. The summed E-state index contributed by atoms with van der Waals surface area (Å²) in [4.78, 5) is 0. The number of benzene rings is 2. The average Bonchev–Trinajstić information content (AvgIpc) is 2.49. The van der Waals surface area contributed by atoms with E-state index in [0.29, 0.717) is 28.0 Å². The summed E-state index contributed by atoms with van der Waals surface area (Å²) in [7, 11) is 1.59. The topological polar surface area (TPSA) is 38.7 Å². The minimum atomic E-state index is -0.611. The number of halogens is 2. The molecule has 0 aliphatic carbocycles. The van der Waals surface area contributed by atoms with Gasteiger partial charge in [0.15, 0.2) is 0 Å². The van der Waals surface area contributed by atoms with Gasteiger partial charge in [-0.15, -0.1) is 0 Å². The lowest BCUT2D eigenvalue weighted by Gasteiger charge is -2.30. The van der Waals surface area contributed by atoms with E-state index in [2.05, 4.69) is 0 Å². The molecule has 3 rings (SSSR count). The smallest absolute Gasteiger partial charge is 0.129 e. The highest BCUT2D eigenvalue weighted by molar-refractivity contribution is 6.42. The van der Waals surface area contributed by atoms with Crippen molar-refractivity contribution in [3.63, 3.8) is 0 Å². The minimum Gasteiger partial charge on any atom is -0.497 e. The largest absolute Gasteiger partial charge is 0.497 e. The Labute approximate surface area is 133 Å². The van der Waals surface area contributed by atoms with Crippen LogP contribution in [0.2, 0.25) is 10.0 Å². The van der Waals surface area contributed by atoms with Gasteiger partial charge in [-0.2, -0.15) is 0 Å². The number of fused-ring (bicyclic) bond motifs is 1. The number of aliphatic hydroxyl groups is 1. The van der Waals surface area contributed by atoms with Gasteiger partial charge in [0.05, 0.1) is 23.3 Å². The van der Waals surface area contributed by atoms with Crippen LogP contribution in [0.3, 0.4) is 0 Å². The fourth-order valence-electron chi connectivity index (χ4n) is 2.51. The number of hydrogen-bond acceptors (Lipinski definition) is 3. The van der Waals surface area contributed by atoms with Crippen LogP contribution < -0.4 is 9.47 Å². The Morgan fingerprint density at radius 1 is 1.19 bits per heavy atom. The molecule has 3 nitrogen and oxygen atoms in total. The van der Waals surface area contributed by atoms with Crippen LogP contribution in [-0.2, 0) is 0 Å². The second kappa shape index (κ2) is 5.76. The van der Waals surface area contributed by atoms with Crippen LogP contribution >= 0.6 is 23.2 Å². The summed E-state index contributed by atoms with van der Waals surface area (Å²) >= 11 is 12.3. The summed E-state index contributed by atoms with van der Waals surface area (Å²) in [5, 5.41) is 11.3. The van der Waals surface area contributed by atoms with Crippen molar-refractivity contribution in [3.8, 4) is 11.5 Å². The minimum absolute atomic E-state index is 0.342. The second-order valence-corrected chi connectivity index (χ2v) is 5.69. The molecule has 2 atom stereocenters. The summed E-state index contributed by atoms with van der Waals surface area (Å²) in [5.41, 5.74) is 1.53. The standard InChI is InChI=1S/C16H14Cl2O3/c1-20-9-5-6-10-13(19)8-15(21-14(10)7-9)11-3-2-4-12(17)16(11)18/h2-7,13,15,19H,8H2,1H3/t13-,15?/m0/s1. The van der Waals surface area contributed by atoms with Gasteiger partial charge in [0.1, 0.15) is 17.6 Å². The molecular formula is C16H14Cl2O3. The maximum atomic E-state index is 10.3. The van der Waals surface area contributed by atoms with Gasteiger partial charge < -0.3 is 14.6 Å². The Balaban J connectivity index is 1.99. The summed E-state index contributed by atoms with van der Waals surface area (Å²) in [5.74, 6) is 1.29. The maximum absolute atomic E-state index is 10.3. The molecule has 1 unspecified atom stereocenters. The van der Waals surface area contributed by atoms with E-state index < -0.39 is 6.10 Å². The van der Waals surface area contributed by atoms with Gasteiger partial charge in [0.2, 0.25) is 0 Å². The van der Waals surface area contributed by atoms with Gasteiger partial charge in [0.25, 0.3) is 0 Å². The SMILES string of the molecule is COc1ccc2c(c1)OC(c1cccc(Cl)c1Cl)C[C@@H]2O. The van der Waals surface area contributed by atoms with Crippen LogP contribution in [0.1, 0.15) is 29.8 Å². The molecule has 21 heavy (non-hydrogen) atoms. The second-order valence-electron chi connectivity index (χ2n) is 4.90. The number of methoxy groups -OCH3 is 1. The van der Waals surface area contributed by atoms with Crippen molar-refractivity contribution < 1.29 is 14.6 Å². The van der Waals surface area contributed by atoms with Gasteiger partial charge in [-0.25, -0.2) is 0 Å². The highest BCUT2D eigenvalue weighted by Crippen LogP contribution is 2.44. The van der Waals surface area contributed by atoms with Crippen molar-refractivity contribution in [2.24, 2.45) is 0 Å². The third-order valence-corrected chi connectivity index (χ3v) is 4.45. The first-order valence-electron chi connectivity index (χ1n) is 6.56. The lowest BCUT2D eigenvalue weighted by atomic mass is 9.95. The van der Waals surface area contributed by atoms with Gasteiger partial charge >= 0.3 is 0 Å². The van der Waals surface area contributed by atoms with E-state index in [1.165, 1.54) is 0 Å². The Hall–Kier alpha value is -1.42. The van der Waals surface area contributed by atoms with E-state index in [4.69, 9.17) is 32.7 Å². The molecule has 0 spiro atoms. The van der Waals surface area contributed by atoms with Crippen LogP contribution in [0.4, 0.5) is 0 Å². The summed E-state index contributed by atoms with van der Waals surface area (Å²) in [6.07, 6.45) is -0.523. The van der Waals surface area contributed by atoms with E-state index in [-0.39, 0.29) is 6.10 Å². The van der Waals surface area contributed by atoms with Gasteiger partial charge in [-0.3, -0.25) is 0 Å². The molecule has 0 saturated heterocycles. The molecule has 0 radical (unpaired) electrons. The molecule has 5 heteroatoms. The molecule has 110 valence electrons. The van der Waals surface area contributed by atoms with Gasteiger partial charge in [-0.1, -0.05) is 35.3 Å². The fraction of sp³-hybridized carbons (Fsp3) is 0.250. The molecule has 0 aromatic heterocycles. The number of ether oxygens (including phenoxy) is 2. The van der Waals surface area contributed by atoms with Crippen molar-refractivity contribution in [1.82, 2.24) is 0 Å². The third kappa shape index (κ3) is 2.69. The van der Waals surface area contributed by atoms with E-state index in [1.54, 1.807) is 25.3 Å². The fourth-order valence-corrected chi connectivity index (χ4v) is 2.94. The molecule has 0 amide bonds. The first-order valence-corrected chi connectivity index (χ1v) is 7.32. The summed E-state index contributed by atoms with van der Waals surface area (Å²) in [6.45, 7) is 0. The van der Waals surface area contributed by atoms with Crippen LogP contribution in [0.25, 0.3) is 0 Å². The van der Waals surface area contributed by atoms with Crippen molar-refractivity contribution in [3.05, 3.63) is 57.6 Å². The first kappa shape index (κ1) is 14.5. The molecular weight excluding hydrogens is 311 g/mol. The molecule has 1 aliphatic rings. The predicted molar refractivity (Wildman–Crippen MR) is 82.4 cm³/mol. The molecule has 1 N–H and O–H groups in total. The van der Waals surface area contributed by atoms with Crippen molar-refractivity contribution in [2.45, 2.75) is 18.6 Å². The van der Waals surface area contributed by atoms with Gasteiger partial charge in [-0.05, 0) is 18.2 Å². The summed E-state index contributed by atoms with van der Waals surface area (Å²) < 4.78 is 11.2. The van der Waals surface area contributed by atoms with E-state index in [9.17, 15) is 5.11 Å². The zero-order chi connectivity index (χ0) is 15.0. The average molecular weight is 325 g/mol. The Morgan fingerprint density at radius 3 is 2.76 bits per heavy atom. The Bertz CT molecular complexity index is 673. The number of rotatable bonds is 2. The van der Waals surface area contributed by atoms with Crippen molar-refractivity contribution >= 4 is 23.2 Å². The summed E-state index contributed by atoms with van der Waals surface area (Å²) in [6, 6.07) is 10.8. The lowest BCUT2D eigenvalue weighted by Crippen LogP contribution is -2.19. The van der Waals surface area contributed by atoms with Crippen molar-refractivity contribution in [2.75, 3.05) is 7.11 Å². The molecule has 2 aromatic carbocycles. The number of hydrogen-bond donors (Lipinski definition) is 1. The van der Waals surface area contributed by atoms with Gasteiger partial charge in [0, 0.05) is 23.6 Å². The molecule has 0 fully saturated rings. The highest BCUT2D eigenvalue weighted by Gasteiger charge is 2.30. The van der Waals surface area contributed by atoms with E-state index >= 15 is 0 Å². The van der Waals surface area contributed by atoms with Crippen LogP contribution in [-0.4, -0.2) is 12.2 Å². The first-order chi connectivity index (χ1) is 10.1. The molecule has 1 heterocycles. The van der Waals surface area contributed by atoms with Crippen LogP contribution in [0.15, 0.2) is 36.4 Å². The highest BCUT2D eigenvalue weighted by atomic mass is 35.5. The van der Waals surface area contributed by atoms with E-state index in [1.807, 2.05) is 18.2 Å². The Morgan fingerprint density at radius 2 is 2.00 bits per heavy atom. The lowest BCUT2D eigenvalue weighted by molar-refractivity contribution is 0.0655. The zero-order valence-electron chi connectivity index (χ0n) is 11.3. The zero-order valence-corrected chi connectivity index (χ0v) is 12.9. The quantitative estimate of drug-likeness (QED) is 0.880.